The van der Waals surface area contributed by atoms with Crippen LogP contribution in [-0.2, 0) is 16.1 Å². The molecule has 6 aromatic rings. The number of rotatable bonds is 6. The zero-order valence-electron chi connectivity index (χ0n) is 23.5. The minimum atomic E-state index is -0.621. The maximum Gasteiger partial charge on any atom is 0.302 e. The Morgan fingerprint density at radius 1 is 1.05 bits per heavy atom. The summed E-state index contributed by atoms with van der Waals surface area (Å²) in [7, 11) is 0. The molecule has 0 unspecified atom stereocenters. The van der Waals surface area contributed by atoms with Crippen LogP contribution in [0.4, 0.5) is 15.8 Å². The molecule has 10 heteroatoms. The number of pyridine rings is 1. The molecular formula is C33H25FN4O4S. The number of nitrogens with zero attached hydrogens (tertiary/aromatic N) is 3. The molecule has 0 aliphatic carbocycles. The van der Waals surface area contributed by atoms with E-state index in [0.29, 0.717) is 27.9 Å². The lowest BCUT2D eigenvalue weighted by Gasteiger charge is -2.11. The maximum atomic E-state index is 14.4. The summed E-state index contributed by atoms with van der Waals surface area (Å²) in [6.45, 7) is 5.06. The highest BCUT2D eigenvalue weighted by Gasteiger charge is 2.18. The van der Waals surface area contributed by atoms with Crippen LogP contribution in [0.3, 0.4) is 0 Å². The lowest BCUT2D eigenvalue weighted by Crippen LogP contribution is -2.22. The Morgan fingerprint density at radius 2 is 1.84 bits per heavy atom. The van der Waals surface area contributed by atoms with Crippen LogP contribution < -0.4 is 10.9 Å². The Kier molecular flexibility index (Phi) is 7.52. The number of nitrogens with one attached hydrogen (secondary N) is 1. The van der Waals surface area contributed by atoms with Gasteiger partial charge in [0.15, 0.2) is 5.58 Å². The summed E-state index contributed by atoms with van der Waals surface area (Å²) >= 11 is 1.61. The third kappa shape index (κ3) is 5.91. The Balaban J connectivity index is 1.44. The number of esters is 1. The van der Waals surface area contributed by atoms with Crippen LogP contribution in [0.25, 0.3) is 31.8 Å². The fourth-order valence-electron chi connectivity index (χ4n) is 4.53. The standard InChI is InChI=1S/C33H25FN4O4S/c1-18-8-13-28-29(14-18)43-33(38-28)21-9-11-23(12-10-21)36-32-25(31(40)37-27-7-5-4-6-26(27)34)15-24-22(17-41-20(3)39)16-35-19(2)30(24)42-32/h4-16H,17H2,1-3H3,(H,37,40). The average molecular weight is 593 g/mol. The third-order valence-electron chi connectivity index (χ3n) is 6.74. The van der Waals surface area contributed by atoms with Crippen LogP contribution in [0.15, 0.2) is 88.4 Å². The average Bonchev–Trinajstić information content (AvgIpc) is 3.41. The van der Waals surface area contributed by atoms with Crippen LogP contribution in [0.2, 0.25) is 0 Å². The van der Waals surface area contributed by atoms with Crippen molar-refractivity contribution >= 4 is 55.8 Å². The second-order valence-electron chi connectivity index (χ2n) is 9.94. The van der Waals surface area contributed by atoms with Crippen molar-refractivity contribution in [3.63, 3.8) is 0 Å². The summed E-state index contributed by atoms with van der Waals surface area (Å²) in [5.74, 6) is -1.66. The molecule has 0 radical (unpaired) electrons. The molecule has 1 N–H and O–H groups in total. The SMILES string of the molecule is CC(=O)OCc1cnc(C)c2oc(=Nc3ccc(-c4nc5ccc(C)cc5s4)cc3)c(C(=O)Nc3ccccc3F)cc12. The zero-order chi connectivity index (χ0) is 30.1. The number of hydrogen-bond acceptors (Lipinski definition) is 8. The van der Waals surface area contributed by atoms with Gasteiger partial charge in [0.25, 0.3) is 5.91 Å². The molecule has 43 heavy (non-hydrogen) atoms. The van der Waals surface area contributed by atoms with Crippen molar-refractivity contribution < 1.29 is 23.1 Å². The molecule has 0 aliphatic heterocycles. The summed E-state index contributed by atoms with van der Waals surface area (Å²) in [5.41, 5.74) is 5.15. The first-order chi connectivity index (χ1) is 20.7. The predicted octanol–water partition coefficient (Wildman–Crippen LogP) is 7.41. The number of amides is 1. The molecular weight excluding hydrogens is 567 g/mol. The molecule has 3 heterocycles. The Hall–Kier alpha value is -5.22. The normalized spacial score (nSPS) is 11.7. The van der Waals surface area contributed by atoms with E-state index >= 15 is 0 Å². The molecule has 0 saturated carbocycles. The summed E-state index contributed by atoms with van der Waals surface area (Å²) in [5, 5.41) is 4.01. The number of para-hydroxylation sites is 1. The van der Waals surface area contributed by atoms with Crippen molar-refractivity contribution in [1.82, 2.24) is 9.97 Å². The van der Waals surface area contributed by atoms with Gasteiger partial charge in [0.1, 0.15) is 23.0 Å². The van der Waals surface area contributed by atoms with Gasteiger partial charge in [-0.1, -0.05) is 18.2 Å². The quantitative estimate of drug-likeness (QED) is 0.202. The number of carbonyl (C=O) groups is 2. The van der Waals surface area contributed by atoms with Gasteiger partial charge >= 0.3 is 5.97 Å². The number of aromatic nitrogens is 2. The zero-order valence-corrected chi connectivity index (χ0v) is 24.3. The van der Waals surface area contributed by atoms with E-state index in [2.05, 4.69) is 28.3 Å². The molecule has 0 fully saturated rings. The smallest absolute Gasteiger partial charge is 0.302 e. The van der Waals surface area contributed by atoms with Gasteiger partial charge in [0.05, 0.1) is 27.3 Å². The van der Waals surface area contributed by atoms with Crippen molar-refractivity contribution in [2.75, 3.05) is 5.32 Å². The highest BCUT2D eigenvalue weighted by Crippen LogP contribution is 2.32. The Labute approximate surface area is 249 Å². The molecule has 214 valence electrons. The number of hydrogen-bond donors (Lipinski definition) is 1. The second-order valence-corrected chi connectivity index (χ2v) is 11.0. The topological polar surface area (TPSA) is 107 Å². The fourth-order valence-corrected chi connectivity index (χ4v) is 5.60. The molecule has 3 aromatic heterocycles. The first kappa shape index (κ1) is 27.9. The summed E-state index contributed by atoms with van der Waals surface area (Å²) < 4.78 is 26.9. The van der Waals surface area contributed by atoms with Crippen LogP contribution in [0, 0.1) is 19.7 Å². The van der Waals surface area contributed by atoms with E-state index in [9.17, 15) is 14.0 Å². The third-order valence-corrected chi connectivity index (χ3v) is 7.80. The van der Waals surface area contributed by atoms with E-state index in [4.69, 9.17) is 14.1 Å². The number of thiazole rings is 1. The summed E-state index contributed by atoms with van der Waals surface area (Å²) in [6.07, 6.45) is 1.56. The highest BCUT2D eigenvalue weighted by molar-refractivity contribution is 7.21. The number of ether oxygens (including phenoxy) is 1. The van der Waals surface area contributed by atoms with Gasteiger partial charge in [-0.05, 0) is 74.0 Å². The maximum absolute atomic E-state index is 14.4. The van der Waals surface area contributed by atoms with Gasteiger partial charge in [0, 0.05) is 29.6 Å². The molecule has 6 rings (SSSR count). The number of halogens is 1. The molecule has 0 aliphatic rings. The van der Waals surface area contributed by atoms with Crippen LogP contribution in [-0.4, -0.2) is 21.8 Å². The number of aryl methyl sites for hydroxylation is 2. The summed E-state index contributed by atoms with van der Waals surface area (Å²) in [4.78, 5) is 38.8. The van der Waals surface area contributed by atoms with Crippen LogP contribution in [0.5, 0.6) is 0 Å². The number of anilines is 1. The predicted molar refractivity (Wildman–Crippen MR) is 164 cm³/mol. The monoisotopic (exact) mass is 592 g/mol. The van der Waals surface area contributed by atoms with Gasteiger partial charge in [-0.3, -0.25) is 14.6 Å². The lowest BCUT2D eigenvalue weighted by atomic mass is 10.1. The van der Waals surface area contributed by atoms with Crippen molar-refractivity contribution in [3.8, 4) is 10.6 Å². The van der Waals surface area contributed by atoms with Gasteiger partial charge in [-0.15, -0.1) is 11.3 Å². The fraction of sp³-hybridized carbons (Fsp3) is 0.121. The minimum Gasteiger partial charge on any atom is -0.461 e. The Bertz CT molecular complexity index is 2100. The van der Waals surface area contributed by atoms with Gasteiger partial charge in [0.2, 0.25) is 5.55 Å². The number of carbonyl (C=O) groups excluding carboxylic acids is 2. The molecule has 0 saturated heterocycles. The lowest BCUT2D eigenvalue weighted by molar-refractivity contribution is -0.142. The van der Waals surface area contributed by atoms with Crippen molar-refractivity contribution in [2.24, 2.45) is 4.99 Å². The molecule has 0 spiro atoms. The van der Waals surface area contributed by atoms with Crippen LogP contribution in [0.1, 0.15) is 34.1 Å². The van der Waals surface area contributed by atoms with E-state index in [1.807, 2.05) is 36.4 Å². The van der Waals surface area contributed by atoms with Crippen molar-refractivity contribution in [1.29, 1.82) is 0 Å². The van der Waals surface area contributed by atoms with E-state index in [-0.39, 0.29) is 23.4 Å². The van der Waals surface area contributed by atoms with Crippen molar-refractivity contribution in [2.45, 2.75) is 27.4 Å². The highest BCUT2D eigenvalue weighted by atomic mass is 32.1. The Morgan fingerprint density at radius 3 is 2.60 bits per heavy atom. The van der Waals surface area contributed by atoms with E-state index in [1.54, 1.807) is 36.6 Å². The van der Waals surface area contributed by atoms with Crippen LogP contribution >= 0.6 is 11.3 Å². The molecule has 1 amide bonds. The summed E-state index contributed by atoms with van der Waals surface area (Å²) in [6, 6.07) is 21.1. The second kappa shape index (κ2) is 11.6. The minimum absolute atomic E-state index is 0.0130. The molecule has 3 aromatic carbocycles. The van der Waals surface area contributed by atoms with E-state index < -0.39 is 17.7 Å². The molecule has 0 atom stereocenters. The largest absolute Gasteiger partial charge is 0.461 e. The molecule has 0 bridgehead atoms. The van der Waals surface area contributed by atoms with E-state index in [0.717, 1.165) is 20.8 Å². The number of benzene rings is 3. The van der Waals surface area contributed by atoms with Gasteiger partial charge in [-0.2, -0.15) is 0 Å². The van der Waals surface area contributed by atoms with E-state index in [1.165, 1.54) is 30.7 Å². The van der Waals surface area contributed by atoms with Gasteiger partial charge in [-0.25, -0.2) is 14.4 Å². The molecule has 8 nitrogen and oxygen atoms in total. The first-order valence-corrected chi connectivity index (χ1v) is 14.2. The first-order valence-electron chi connectivity index (χ1n) is 13.4. The number of fused-ring (bicyclic) bond motifs is 2. The van der Waals surface area contributed by atoms with Gasteiger partial charge < -0.3 is 14.5 Å². The van der Waals surface area contributed by atoms with Crippen molar-refractivity contribution in [3.05, 3.63) is 113 Å².